The van der Waals surface area contributed by atoms with Crippen molar-refractivity contribution in [3.05, 3.63) is 45.1 Å². The SMILES string of the molecule is CCCCN(C)C(=O)Cn1c(=O)n(C)c(=O)c2ccccc21. The van der Waals surface area contributed by atoms with Gasteiger partial charge >= 0.3 is 5.69 Å². The third-order valence-corrected chi connectivity index (χ3v) is 3.81. The minimum Gasteiger partial charge on any atom is -0.344 e. The summed E-state index contributed by atoms with van der Waals surface area (Å²) in [6, 6.07) is 6.85. The molecule has 0 aliphatic rings. The Kier molecular flexibility index (Phi) is 4.80. The average molecular weight is 303 g/mol. The lowest BCUT2D eigenvalue weighted by Crippen LogP contribution is -2.41. The number of aromatic nitrogens is 2. The smallest absolute Gasteiger partial charge is 0.331 e. The second-order valence-corrected chi connectivity index (χ2v) is 5.42. The fourth-order valence-corrected chi connectivity index (χ4v) is 2.37. The van der Waals surface area contributed by atoms with Crippen LogP contribution in [0.5, 0.6) is 0 Å². The van der Waals surface area contributed by atoms with Gasteiger partial charge < -0.3 is 4.90 Å². The predicted octanol–water partition coefficient (Wildman–Crippen LogP) is 0.959. The number of rotatable bonds is 5. The van der Waals surface area contributed by atoms with Gasteiger partial charge in [-0.1, -0.05) is 25.5 Å². The van der Waals surface area contributed by atoms with Gasteiger partial charge in [0.25, 0.3) is 5.56 Å². The summed E-state index contributed by atoms with van der Waals surface area (Å²) in [4.78, 5) is 38.4. The lowest BCUT2D eigenvalue weighted by atomic mass is 10.2. The van der Waals surface area contributed by atoms with Crippen LogP contribution in [0.25, 0.3) is 10.9 Å². The van der Waals surface area contributed by atoms with E-state index in [2.05, 4.69) is 6.92 Å². The van der Waals surface area contributed by atoms with Crippen LogP contribution in [0.15, 0.2) is 33.9 Å². The summed E-state index contributed by atoms with van der Waals surface area (Å²) in [6.07, 6.45) is 1.92. The van der Waals surface area contributed by atoms with Crippen LogP contribution in [-0.2, 0) is 18.4 Å². The van der Waals surface area contributed by atoms with Crippen LogP contribution in [0.1, 0.15) is 19.8 Å². The topological polar surface area (TPSA) is 64.3 Å². The van der Waals surface area contributed by atoms with Gasteiger partial charge in [-0.15, -0.1) is 0 Å². The first-order valence-electron chi connectivity index (χ1n) is 7.40. The summed E-state index contributed by atoms with van der Waals surface area (Å²) in [6.45, 7) is 2.66. The number of carbonyl (C=O) groups excluding carboxylic acids is 1. The van der Waals surface area contributed by atoms with Gasteiger partial charge in [-0.2, -0.15) is 0 Å². The number of hydrogen-bond donors (Lipinski definition) is 0. The van der Waals surface area contributed by atoms with Crippen molar-refractivity contribution in [1.82, 2.24) is 14.0 Å². The van der Waals surface area contributed by atoms with Crippen LogP contribution in [0.2, 0.25) is 0 Å². The van der Waals surface area contributed by atoms with E-state index >= 15 is 0 Å². The zero-order chi connectivity index (χ0) is 16.3. The summed E-state index contributed by atoms with van der Waals surface area (Å²) in [5.74, 6) is -0.139. The maximum Gasteiger partial charge on any atom is 0.331 e. The molecule has 0 atom stereocenters. The monoisotopic (exact) mass is 303 g/mol. The molecule has 2 aromatic rings. The Bertz CT molecular complexity index is 804. The third kappa shape index (κ3) is 2.95. The van der Waals surface area contributed by atoms with E-state index in [4.69, 9.17) is 0 Å². The Balaban J connectivity index is 2.46. The first-order chi connectivity index (χ1) is 10.5. The molecule has 0 fully saturated rings. The summed E-state index contributed by atoms with van der Waals surface area (Å²) in [5, 5.41) is 0.439. The summed E-state index contributed by atoms with van der Waals surface area (Å²) < 4.78 is 2.41. The van der Waals surface area contributed by atoms with Crippen LogP contribution in [-0.4, -0.2) is 33.5 Å². The average Bonchev–Trinajstić information content (AvgIpc) is 2.54. The molecule has 1 aromatic carbocycles. The summed E-state index contributed by atoms with van der Waals surface area (Å²) in [5.41, 5.74) is -0.322. The molecule has 6 nitrogen and oxygen atoms in total. The quantitative estimate of drug-likeness (QED) is 0.826. The van der Waals surface area contributed by atoms with Crippen molar-refractivity contribution in [2.24, 2.45) is 7.05 Å². The fourth-order valence-electron chi connectivity index (χ4n) is 2.37. The molecule has 0 bridgehead atoms. The van der Waals surface area contributed by atoms with E-state index in [0.29, 0.717) is 17.4 Å². The molecule has 1 amide bonds. The molecule has 1 heterocycles. The number of benzene rings is 1. The van der Waals surface area contributed by atoms with Gasteiger partial charge in [-0.3, -0.25) is 18.7 Å². The molecule has 0 radical (unpaired) electrons. The zero-order valence-electron chi connectivity index (χ0n) is 13.2. The standard InChI is InChI=1S/C16H21N3O3/c1-4-5-10-17(2)14(20)11-19-13-9-7-6-8-12(13)15(21)18(3)16(19)22/h6-9H,4-5,10-11H2,1-3H3. The minimum atomic E-state index is -0.471. The van der Waals surface area contributed by atoms with Gasteiger partial charge in [0, 0.05) is 20.6 Å². The van der Waals surface area contributed by atoms with Gasteiger partial charge in [-0.05, 0) is 18.6 Å². The lowest BCUT2D eigenvalue weighted by molar-refractivity contribution is -0.130. The van der Waals surface area contributed by atoms with Gasteiger partial charge in [0.1, 0.15) is 6.54 Å². The van der Waals surface area contributed by atoms with E-state index in [-0.39, 0.29) is 18.0 Å². The van der Waals surface area contributed by atoms with Crippen molar-refractivity contribution in [2.45, 2.75) is 26.3 Å². The molecule has 0 saturated carbocycles. The van der Waals surface area contributed by atoms with Crippen LogP contribution in [0, 0.1) is 0 Å². The molecular weight excluding hydrogens is 282 g/mol. The lowest BCUT2D eigenvalue weighted by Gasteiger charge is -2.18. The molecule has 2 rings (SSSR count). The fraction of sp³-hybridized carbons (Fsp3) is 0.438. The highest BCUT2D eigenvalue weighted by Gasteiger charge is 2.15. The number of carbonyl (C=O) groups is 1. The number of fused-ring (bicyclic) bond motifs is 1. The van der Waals surface area contributed by atoms with Crippen LogP contribution in [0.4, 0.5) is 0 Å². The molecule has 0 aliphatic heterocycles. The zero-order valence-corrected chi connectivity index (χ0v) is 13.2. The maximum atomic E-state index is 12.3. The van der Waals surface area contributed by atoms with Gasteiger partial charge in [0.2, 0.25) is 5.91 Å². The first kappa shape index (κ1) is 16.0. The highest BCUT2D eigenvalue weighted by molar-refractivity contribution is 5.81. The molecule has 0 aliphatic carbocycles. The van der Waals surface area contributed by atoms with Crippen LogP contribution in [0.3, 0.4) is 0 Å². The predicted molar refractivity (Wildman–Crippen MR) is 86.0 cm³/mol. The minimum absolute atomic E-state index is 0.0618. The molecule has 118 valence electrons. The Morgan fingerprint density at radius 1 is 1.23 bits per heavy atom. The van der Waals surface area contributed by atoms with Gasteiger partial charge in [0.15, 0.2) is 0 Å². The van der Waals surface area contributed by atoms with Crippen molar-refractivity contribution >= 4 is 16.8 Å². The molecule has 0 saturated heterocycles. The van der Waals surface area contributed by atoms with Gasteiger partial charge in [0.05, 0.1) is 10.9 Å². The first-order valence-corrected chi connectivity index (χ1v) is 7.40. The number of likely N-dealkylation sites (N-methyl/N-ethyl adjacent to an activating group) is 1. The molecule has 0 spiro atoms. The van der Waals surface area contributed by atoms with E-state index in [9.17, 15) is 14.4 Å². The van der Waals surface area contributed by atoms with Crippen molar-refractivity contribution in [3.63, 3.8) is 0 Å². The number of para-hydroxylation sites is 1. The Morgan fingerprint density at radius 3 is 2.59 bits per heavy atom. The highest BCUT2D eigenvalue weighted by atomic mass is 16.2. The molecule has 0 unspecified atom stereocenters. The van der Waals surface area contributed by atoms with Crippen molar-refractivity contribution in [3.8, 4) is 0 Å². The number of nitrogens with zero attached hydrogens (tertiary/aromatic N) is 3. The number of amides is 1. The second-order valence-electron chi connectivity index (χ2n) is 5.42. The maximum absolute atomic E-state index is 12.3. The van der Waals surface area contributed by atoms with Crippen molar-refractivity contribution in [2.75, 3.05) is 13.6 Å². The summed E-state index contributed by atoms with van der Waals surface area (Å²) >= 11 is 0. The number of unbranched alkanes of at least 4 members (excludes halogenated alkanes) is 1. The van der Waals surface area contributed by atoms with Crippen molar-refractivity contribution < 1.29 is 4.79 Å². The molecular formula is C16H21N3O3. The molecule has 6 heteroatoms. The Morgan fingerprint density at radius 2 is 1.91 bits per heavy atom. The highest BCUT2D eigenvalue weighted by Crippen LogP contribution is 2.07. The second kappa shape index (κ2) is 6.60. The normalized spacial score (nSPS) is 10.9. The van der Waals surface area contributed by atoms with Crippen molar-refractivity contribution in [1.29, 1.82) is 0 Å². The van der Waals surface area contributed by atoms with Gasteiger partial charge in [-0.25, -0.2) is 4.79 Å². The Labute approximate surface area is 128 Å². The largest absolute Gasteiger partial charge is 0.344 e. The number of hydrogen-bond acceptors (Lipinski definition) is 3. The van der Waals surface area contributed by atoms with E-state index in [1.165, 1.54) is 11.6 Å². The summed E-state index contributed by atoms with van der Waals surface area (Å²) in [7, 11) is 3.16. The third-order valence-electron chi connectivity index (χ3n) is 3.81. The Hall–Kier alpha value is -2.37. The van der Waals surface area contributed by atoms with Crippen LogP contribution < -0.4 is 11.2 Å². The van der Waals surface area contributed by atoms with E-state index in [1.54, 1.807) is 36.2 Å². The molecule has 1 aromatic heterocycles. The molecule has 22 heavy (non-hydrogen) atoms. The van der Waals surface area contributed by atoms with E-state index in [0.717, 1.165) is 17.4 Å². The van der Waals surface area contributed by atoms with E-state index in [1.807, 2.05) is 0 Å². The molecule has 0 N–H and O–H groups in total. The van der Waals surface area contributed by atoms with Crippen LogP contribution >= 0.6 is 0 Å². The van der Waals surface area contributed by atoms with E-state index < -0.39 is 5.69 Å².